The third-order valence-corrected chi connectivity index (χ3v) is 10.1. The van der Waals surface area contributed by atoms with Gasteiger partial charge in [-0.25, -0.2) is 13.6 Å². The first-order valence-electron chi connectivity index (χ1n) is 10.8. The Morgan fingerprint density at radius 2 is 1.50 bits per heavy atom. The van der Waals surface area contributed by atoms with Crippen molar-refractivity contribution in [3.05, 3.63) is 70.8 Å². The molecule has 0 spiro atoms. The molecule has 1 unspecified atom stereocenters. The van der Waals surface area contributed by atoms with Crippen molar-refractivity contribution < 1.29 is 22.7 Å². The summed E-state index contributed by atoms with van der Waals surface area (Å²) in [7, 11) is -1.88. The van der Waals surface area contributed by atoms with Crippen LogP contribution in [0.3, 0.4) is 0 Å². The molecule has 0 aliphatic heterocycles. The first-order chi connectivity index (χ1) is 14.6. The molecule has 2 aromatic carbocycles. The lowest BCUT2D eigenvalue weighted by Crippen LogP contribution is -2.40. The van der Waals surface area contributed by atoms with Crippen molar-refractivity contribution in [2.24, 2.45) is 0 Å². The lowest BCUT2D eigenvalue weighted by atomic mass is 9.97. The minimum absolute atomic E-state index is 0.113. The number of ether oxygens (including phenoxy) is 1. The second-order valence-electron chi connectivity index (χ2n) is 10.5. The summed E-state index contributed by atoms with van der Waals surface area (Å²) in [6.07, 6.45) is -0.641. The fourth-order valence-electron chi connectivity index (χ4n) is 2.76. The molecular weight excluding hydrogens is 428 g/mol. The summed E-state index contributed by atoms with van der Waals surface area (Å²) in [4.78, 5) is 12.4. The Balaban J connectivity index is 2.27. The first-order valence-corrected chi connectivity index (χ1v) is 13.7. The number of hydrogen-bond acceptors (Lipinski definition) is 3. The normalized spacial score (nSPS) is 13.6. The van der Waals surface area contributed by atoms with E-state index in [1.165, 1.54) is 6.07 Å². The highest BCUT2D eigenvalue weighted by molar-refractivity contribution is 6.74. The van der Waals surface area contributed by atoms with E-state index in [9.17, 15) is 13.6 Å². The van der Waals surface area contributed by atoms with Crippen LogP contribution in [0.15, 0.2) is 42.5 Å². The zero-order chi connectivity index (χ0) is 24.3. The lowest BCUT2D eigenvalue weighted by molar-refractivity contribution is 0.0512. The minimum Gasteiger partial charge on any atom is -0.444 e. The molecule has 0 aromatic heterocycles. The summed E-state index contributed by atoms with van der Waals surface area (Å²) in [5, 5.41) is 2.89. The average Bonchev–Trinajstić information content (AvgIpc) is 2.65. The fourth-order valence-corrected chi connectivity index (χ4v) is 3.72. The maximum absolute atomic E-state index is 13.9. The topological polar surface area (TPSA) is 47.6 Å². The number of alkyl carbamates (subject to hydrolysis) is 1. The molecule has 1 atom stereocenters. The van der Waals surface area contributed by atoms with Crippen LogP contribution >= 0.6 is 0 Å². The largest absolute Gasteiger partial charge is 0.444 e. The number of nitrogens with one attached hydrogen (secondary N) is 1. The van der Waals surface area contributed by atoms with Crippen LogP contribution in [0.4, 0.5) is 13.6 Å². The van der Waals surface area contributed by atoms with Gasteiger partial charge in [-0.15, -0.1) is 0 Å². The summed E-state index contributed by atoms with van der Waals surface area (Å²) in [5.74, 6) is -1.92. The van der Waals surface area contributed by atoms with Gasteiger partial charge in [0.15, 0.2) is 20.0 Å². The van der Waals surface area contributed by atoms with Crippen molar-refractivity contribution in [2.75, 3.05) is 0 Å². The molecule has 2 aromatic rings. The van der Waals surface area contributed by atoms with Crippen LogP contribution in [0, 0.1) is 11.6 Å². The Kier molecular flexibility index (Phi) is 7.89. The van der Waals surface area contributed by atoms with Crippen LogP contribution in [-0.2, 0) is 15.8 Å². The molecule has 0 fully saturated rings. The molecule has 1 N–H and O–H groups in total. The van der Waals surface area contributed by atoms with E-state index in [1.54, 1.807) is 20.8 Å². The Bertz CT molecular complexity index is 932. The van der Waals surface area contributed by atoms with Crippen LogP contribution in [0.1, 0.15) is 64.3 Å². The Labute approximate surface area is 191 Å². The second kappa shape index (κ2) is 9.71. The van der Waals surface area contributed by atoms with Gasteiger partial charge in [0.25, 0.3) is 0 Å². The molecule has 0 aliphatic carbocycles. The van der Waals surface area contributed by atoms with E-state index in [0.717, 1.165) is 23.3 Å². The van der Waals surface area contributed by atoms with Gasteiger partial charge in [-0.3, -0.25) is 0 Å². The van der Waals surface area contributed by atoms with Gasteiger partial charge < -0.3 is 14.5 Å². The van der Waals surface area contributed by atoms with Gasteiger partial charge in [0.2, 0.25) is 0 Å². The van der Waals surface area contributed by atoms with Crippen molar-refractivity contribution >= 4 is 14.4 Å². The summed E-state index contributed by atoms with van der Waals surface area (Å²) in [5.41, 5.74) is 1.45. The molecule has 0 heterocycles. The Morgan fingerprint density at radius 3 is 2.00 bits per heavy atom. The molecular formula is C25H35F2NO3Si. The van der Waals surface area contributed by atoms with Crippen molar-refractivity contribution in [2.45, 2.75) is 77.9 Å². The lowest BCUT2D eigenvalue weighted by Gasteiger charge is -2.36. The maximum atomic E-state index is 13.9. The van der Waals surface area contributed by atoms with E-state index in [0.29, 0.717) is 12.2 Å². The van der Waals surface area contributed by atoms with E-state index in [1.807, 2.05) is 24.3 Å². The summed E-state index contributed by atoms with van der Waals surface area (Å²) >= 11 is 0. The molecule has 0 aliphatic rings. The highest BCUT2D eigenvalue weighted by Gasteiger charge is 2.37. The van der Waals surface area contributed by atoms with Crippen LogP contribution in [-0.4, -0.2) is 20.0 Å². The van der Waals surface area contributed by atoms with Crippen molar-refractivity contribution in [3.63, 3.8) is 0 Å². The third-order valence-electron chi connectivity index (χ3n) is 5.66. The van der Waals surface area contributed by atoms with Gasteiger partial charge >= 0.3 is 6.09 Å². The van der Waals surface area contributed by atoms with Crippen molar-refractivity contribution in [3.8, 4) is 0 Å². The number of carbonyl (C=O) groups is 1. The molecule has 176 valence electrons. The molecule has 0 radical (unpaired) electrons. The fraction of sp³-hybridized carbons (Fsp3) is 0.480. The molecule has 0 bridgehead atoms. The molecule has 0 saturated heterocycles. The van der Waals surface area contributed by atoms with Crippen LogP contribution < -0.4 is 5.32 Å². The summed E-state index contributed by atoms with van der Waals surface area (Å²) in [6.45, 7) is 16.7. The van der Waals surface area contributed by atoms with Crippen LogP contribution in [0.5, 0.6) is 0 Å². The number of benzene rings is 2. The minimum atomic E-state index is -1.88. The number of rotatable bonds is 6. The van der Waals surface area contributed by atoms with Crippen LogP contribution in [0.25, 0.3) is 0 Å². The molecule has 2 rings (SSSR count). The number of hydrogen-bond donors (Lipinski definition) is 1. The SMILES string of the molecule is CC(C)(C)OC(=O)NC(c1ccc(CO[Si](C)(C)C(C)(C)C)cc1)c1ccc(F)c(F)c1. The molecule has 4 nitrogen and oxygen atoms in total. The smallest absolute Gasteiger partial charge is 0.408 e. The number of halogens is 2. The van der Waals surface area contributed by atoms with Gasteiger partial charge in [-0.1, -0.05) is 51.1 Å². The molecule has 1 amide bonds. The quantitative estimate of drug-likeness (QED) is 0.465. The average molecular weight is 464 g/mol. The van der Waals surface area contributed by atoms with Crippen molar-refractivity contribution in [1.29, 1.82) is 0 Å². The van der Waals surface area contributed by atoms with Gasteiger partial charge in [-0.2, -0.15) is 0 Å². The van der Waals surface area contributed by atoms with Crippen molar-refractivity contribution in [1.82, 2.24) is 5.32 Å². The van der Waals surface area contributed by atoms with E-state index < -0.39 is 37.7 Å². The standard InChI is InChI=1S/C25H35F2NO3Si/c1-24(2,3)31-23(29)28-22(19-13-14-20(26)21(27)15-19)18-11-9-17(10-12-18)16-30-32(7,8)25(4,5)6/h9-15,22H,16H2,1-8H3,(H,28,29). The zero-order valence-corrected chi connectivity index (χ0v) is 21.3. The van der Waals surface area contributed by atoms with Gasteiger partial charge in [0.1, 0.15) is 5.60 Å². The summed E-state index contributed by atoms with van der Waals surface area (Å²) in [6, 6.07) is 10.5. The molecule has 32 heavy (non-hydrogen) atoms. The van der Waals surface area contributed by atoms with E-state index in [4.69, 9.17) is 9.16 Å². The Morgan fingerprint density at radius 1 is 0.938 bits per heavy atom. The molecule has 7 heteroatoms. The summed E-state index contributed by atoms with van der Waals surface area (Å²) < 4.78 is 39.0. The number of carbonyl (C=O) groups excluding carboxylic acids is 1. The highest BCUT2D eigenvalue weighted by atomic mass is 28.4. The number of amides is 1. The maximum Gasteiger partial charge on any atom is 0.408 e. The van der Waals surface area contributed by atoms with Crippen LogP contribution in [0.2, 0.25) is 18.1 Å². The van der Waals surface area contributed by atoms with E-state index in [-0.39, 0.29) is 5.04 Å². The van der Waals surface area contributed by atoms with Gasteiger partial charge in [0, 0.05) is 0 Å². The zero-order valence-electron chi connectivity index (χ0n) is 20.3. The second-order valence-corrected chi connectivity index (χ2v) is 15.4. The predicted octanol–water partition coefficient (Wildman–Crippen LogP) is 7.10. The first kappa shape index (κ1) is 26.0. The van der Waals surface area contributed by atoms with E-state index in [2.05, 4.69) is 39.2 Å². The Hall–Kier alpha value is -2.25. The molecule has 0 saturated carbocycles. The predicted molar refractivity (Wildman–Crippen MR) is 126 cm³/mol. The highest BCUT2D eigenvalue weighted by Crippen LogP contribution is 2.37. The van der Waals surface area contributed by atoms with Gasteiger partial charge in [0.05, 0.1) is 12.6 Å². The monoisotopic (exact) mass is 463 g/mol. The van der Waals surface area contributed by atoms with E-state index >= 15 is 0 Å². The third kappa shape index (κ3) is 7.13. The van der Waals surface area contributed by atoms with Gasteiger partial charge in [-0.05, 0) is 67.7 Å².